The number of aromatic nitrogens is 2. The molecule has 1 saturated heterocycles. The van der Waals surface area contributed by atoms with Crippen molar-refractivity contribution in [1.29, 1.82) is 0 Å². The predicted octanol–water partition coefficient (Wildman–Crippen LogP) is 10.9. The van der Waals surface area contributed by atoms with Crippen molar-refractivity contribution in [3.8, 4) is 0 Å². The first-order valence-corrected chi connectivity index (χ1v) is 41.0. The summed E-state index contributed by atoms with van der Waals surface area (Å²) in [4.78, 5) is 235. The van der Waals surface area contributed by atoms with Crippen LogP contribution in [0.4, 0.5) is 5.69 Å². The number of Topliss-reactive ketones (excluding diaryl/α,β-unsaturated/α-hetero) is 1. The monoisotopic (exact) mass is 1770 g/mol. The van der Waals surface area contributed by atoms with Crippen LogP contribution in [0.25, 0.3) is 0 Å². The summed E-state index contributed by atoms with van der Waals surface area (Å²) in [5.74, 6) is -8.93. The molecule has 3 atom stereocenters. The maximum atomic E-state index is 13.0. The van der Waals surface area contributed by atoms with E-state index in [1.807, 2.05) is 6.07 Å². The molecule has 0 bridgehead atoms. The van der Waals surface area contributed by atoms with E-state index in [0.717, 1.165) is 44.4 Å². The number of nitrogens with zero attached hydrogens (tertiary/aromatic N) is 8. The summed E-state index contributed by atoms with van der Waals surface area (Å²) >= 11 is 12.2. The third kappa shape index (κ3) is 21.0. The lowest BCUT2D eigenvalue weighted by molar-refractivity contribution is -0.142. The molecule has 32 nitrogen and oxygen atoms in total. The molecule has 16 rings (SSSR count). The van der Waals surface area contributed by atoms with Crippen LogP contribution < -0.4 is 26.9 Å². The highest BCUT2D eigenvalue weighted by Crippen LogP contribution is 2.38. The molecule has 6 aliphatic heterocycles. The minimum atomic E-state index is -1.33. The number of piperidine rings is 1. The number of pyridine rings is 2. The Morgan fingerprint density at radius 1 is 0.445 bits per heavy atom. The van der Waals surface area contributed by atoms with Crippen molar-refractivity contribution < 1.29 is 91.4 Å². The topological polar surface area (TPSA) is 433 Å². The maximum absolute atomic E-state index is 13.0. The second-order valence-corrected chi connectivity index (χ2v) is 30.7. The standard InChI is InChI=1S/C23H18N4O4.C19H17N3O4.C18H13Cl2NO3.C18H20N2O5.C16H13N3O3/c28-20(16-9-6-12-24-14-16)25-26-21(29)19(13-15-7-2-1-3-8-15)27-22(30)17-10-4-5-11-18(17)23(27)31;1-11(2)16(23)20-13-9-7-12(8-10-13)17(24)21-22-18(25)14-5-3-4-6-15(14)19(22)26;1-10(22)8-16(14-7-6-11(19)9-15(14)20)21-17(23)12-4-2-3-5-13(12)18(21)24;21-15(19-10-4-1-5-11-19)9-8-14(18(24)25)20-16(22)12-6-2-3-7-13(12)17(20)23;20-14(11-4-3-7-17-10-11)18-8-9-19-15(21)12-5-1-2-6-13(12)16(19)22/h1-12,14,19H,13H2,(H,25,28)(H,26,29);3-11H,1-2H3,(H,20,23)(H,21,24);2-7,9,16H,8H2,1H3;2-3,6-7,14H,1,4-5,8-11H2,(H,24,25);1-7,10H,8-9H2,(H,18,20). The number of carboxylic acids is 1. The molecule has 3 unspecified atom stereocenters. The Morgan fingerprint density at radius 3 is 1.32 bits per heavy atom. The molecular weight excluding hydrogens is 1690 g/mol. The SMILES string of the molecule is CC(=O)CC(c1ccc(Cl)cc1Cl)N1C(=O)c2ccccc2C1=O.CC(C)C(=O)Nc1ccc(C(=O)NN2C(=O)c3ccccc3C2=O)cc1.O=C(NCCN1C(=O)c2ccccc2C1=O)c1cccnc1.O=C(NNC(=O)C(Cc1ccccc1)N1C(=O)c2ccccc2C1=O)c1cccnc1.O=C(O)C(CCC(=O)N1CCCCC1)N1C(=O)c2ccccc2C1=O. The van der Waals surface area contributed by atoms with Crippen LogP contribution in [0.5, 0.6) is 0 Å². The number of hydrogen-bond donors (Lipinski definition) is 6. The lowest BCUT2D eigenvalue weighted by Gasteiger charge is -2.28. The number of benzene rings is 8. The quantitative estimate of drug-likeness (QED) is 0.0271. The van der Waals surface area contributed by atoms with E-state index in [9.17, 15) is 91.4 Å². The van der Waals surface area contributed by atoms with Gasteiger partial charge in [0, 0.05) is 97.4 Å². The highest BCUT2D eigenvalue weighted by atomic mass is 35.5. The fourth-order valence-corrected chi connectivity index (χ4v) is 15.0. The average Bonchev–Trinajstić information content (AvgIpc) is 1.65. The van der Waals surface area contributed by atoms with Crippen molar-refractivity contribution in [1.82, 2.24) is 61.1 Å². The van der Waals surface area contributed by atoms with Crippen LogP contribution in [0, 0.1) is 5.92 Å². The van der Waals surface area contributed by atoms with Gasteiger partial charge in [0.25, 0.3) is 82.7 Å². The molecule has 1 fully saturated rings. The van der Waals surface area contributed by atoms with Gasteiger partial charge in [-0.05, 0) is 165 Å². The Labute approximate surface area is 741 Å². The second-order valence-electron chi connectivity index (χ2n) is 29.8. The van der Waals surface area contributed by atoms with Crippen LogP contribution in [0.2, 0.25) is 10.0 Å². The molecule has 8 aromatic carbocycles. The van der Waals surface area contributed by atoms with Gasteiger partial charge in [0.2, 0.25) is 11.8 Å². The molecule has 6 N–H and O–H groups in total. The number of halogens is 2. The Bertz CT molecular complexity index is 5900. The largest absolute Gasteiger partial charge is 0.480 e. The number of imide groups is 5. The molecule has 0 radical (unpaired) electrons. The van der Waals surface area contributed by atoms with Gasteiger partial charge in [-0.25, -0.2) is 4.79 Å². The number of likely N-dealkylation sites (tertiary alicyclic amines) is 1. The third-order valence-electron chi connectivity index (χ3n) is 21.0. The van der Waals surface area contributed by atoms with Gasteiger partial charge in [0.05, 0.1) is 72.8 Å². The normalized spacial score (nSPS) is 14.5. The lowest BCUT2D eigenvalue weighted by Crippen LogP contribution is -2.54. The van der Waals surface area contributed by atoms with Crippen molar-refractivity contribution >= 4 is 135 Å². The van der Waals surface area contributed by atoms with Crippen LogP contribution >= 0.6 is 23.2 Å². The Kier molecular flexibility index (Phi) is 29.8. The smallest absolute Gasteiger partial charge is 0.326 e. The number of carbonyl (C=O) groups is 18. The van der Waals surface area contributed by atoms with Gasteiger partial charge in [-0.15, -0.1) is 0 Å². The van der Waals surface area contributed by atoms with E-state index < -0.39 is 89.1 Å². The zero-order chi connectivity index (χ0) is 91.6. The van der Waals surface area contributed by atoms with Crippen LogP contribution in [-0.2, 0) is 30.4 Å². The molecule has 0 saturated carbocycles. The van der Waals surface area contributed by atoms with Crippen molar-refractivity contribution in [2.75, 3.05) is 31.5 Å². The van der Waals surface area contributed by atoms with Gasteiger partial charge < -0.3 is 20.6 Å². The minimum Gasteiger partial charge on any atom is -0.480 e. The summed E-state index contributed by atoms with van der Waals surface area (Å²) in [5.41, 5.74) is 12.7. The molecule has 2 aromatic heterocycles. The zero-order valence-electron chi connectivity index (χ0n) is 68.8. The molecule has 0 aliphatic carbocycles. The van der Waals surface area contributed by atoms with E-state index in [1.54, 1.807) is 195 Å². The summed E-state index contributed by atoms with van der Waals surface area (Å²) in [6.07, 6.45) is 8.93. The lowest BCUT2D eigenvalue weighted by atomic mass is 10.00. The van der Waals surface area contributed by atoms with Gasteiger partial charge in [0.15, 0.2) is 0 Å². The van der Waals surface area contributed by atoms with Gasteiger partial charge >= 0.3 is 5.97 Å². The minimum absolute atomic E-state index is 0.00434. The molecule has 0 spiro atoms. The number of ketones is 1. The molecule has 16 amide bonds. The number of carbonyl (C=O) groups excluding carboxylic acids is 17. The Hall–Kier alpha value is -15.7. The van der Waals surface area contributed by atoms with E-state index in [0.29, 0.717) is 67.2 Å². The van der Waals surface area contributed by atoms with Crippen molar-refractivity contribution in [3.63, 3.8) is 0 Å². The molecule has 34 heteroatoms. The van der Waals surface area contributed by atoms with Gasteiger partial charge in [-0.2, -0.15) is 5.01 Å². The number of amides is 16. The molecule has 8 heterocycles. The van der Waals surface area contributed by atoms with Crippen molar-refractivity contribution in [3.05, 3.63) is 337 Å². The second kappa shape index (κ2) is 41.7. The summed E-state index contributed by atoms with van der Waals surface area (Å²) in [5, 5.41) is 16.3. The summed E-state index contributed by atoms with van der Waals surface area (Å²) in [6.45, 7) is 6.66. The van der Waals surface area contributed by atoms with E-state index in [4.69, 9.17) is 23.2 Å². The molecule has 650 valence electrons. The highest BCUT2D eigenvalue weighted by molar-refractivity contribution is 6.35. The van der Waals surface area contributed by atoms with Crippen LogP contribution in [0.3, 0.4) is 0 Å². The number of anilines is 1. The Balaban J connectivity index is 0.000000146. The highest BCUT2D eigenvalue weighted by Gasteiger charge is 2.46. The van der Waals surface area contributed by atoms with Gasteiger partial charge in [0.1, 0.15) is 17.9 Å². The molecular formula is C94H81Cl2N13O19. The molecule has 6 aliphatic rings. The molecule has 128 heavy (non-hydrogen) atoms. The van der Waals surface area contributed by atoms with E-state index in [2.05, 4.69) is 36.9 Å². The van der Waals surface area contributed by atoms with Crippen molar-refractivity contribution in [2.45, 2.75) is 83.8 Å². The average molecular weight is 1770 g/mol. The van der Waals surface area contributed by atoms with E-state index in [1.165, 1.54) is 68.0 Å². The Morgan fingerprint density at radius 2 is 0.883 bits per heavy atom. The van der Waals surface area contributed by atoms with E-state index >= 15 is 0 Å². The summed E-state index contributed by atoms with van der Waals surface area (Å²) < 4.78 is 0. The number of carboxylic acid groups (broad SMARTS) is 1. The number of rotatable bonds is 22. The number of nitrogens with one attached hydrogen (secondary N) is 5. The van der Waals surface area contributed by atoms with Gasteiger partial charge in [-0.3, -0.25) is 127 Å². The first-order chi connectivity index (χ1) is 61.5. The van der Waals surface area contributed by atoms with Crippen molar-refractivity contribution in [2.24, 2.45) is 5.92 Å². The summed E-state index contributed by atoms with van der Waals surface area (Å²) in [7, 11) is 0. The number of hydrazine groups is 2. The number of hydrogen-bond acceptors (Lipinski definition) is 20. The fourth-order valence-electron chi connectivity index (χ4n) is 14.5. The van der Waals surface area contributed by atoms with E-state index in [-0.39, 0.29) is 125 Å². The van der Waals surface area contributed by atoms with Crippen LogP contribution in [0.15, 0.2) is 243 Å². The zero-order valence-corrected chi connectivity index (χ0v) is 70.3. The maximum Gasteiger partial charge on any atom is 0.326 e. The summed E-state index contributed by atoms with van der Waals surface area (Å²) in [6, 6.07) is 55.6. The van der Waals surface area contributed by atoms with Gasteiger partial charge in [-0.1, -0.05) is 134 Å². The number of aliphatic carboxylic acids is 1. The molecule has 10 aromatic rings. The first kappa shape index (κ1) is 91.5. The van der Waals surface area contributed by atoms with Crippen LogP contribution in [-0.4, -0.2) is 189 Å². The number of fused-ring (bicyclic) bond motifs is 5. The third-order valence-corrected chi connectivity index (χ3v) is 21.6. The first-order valence-electron chi connectivity index (χ1n) is 40.3. The van der Waals surface area contributed by atoms with Crippen LogP contribution in [0.1, 0.15) is 211 Å². The fraction of sp³-hybridized carbons (Fsp3) is 0.191. The predicted molar refractivity (Wildman–Crippen MR) is 463 cm³/mol.